The number of aryl methyl sites for hydroxylation is 1. The molecule has 23 heavy (non-hydrogen) atoms. The number of fused-ring (bicyclic) bond motifs is 5. The molecule has 120 valence electrons. The molecule has 7 heteroatoms. The van der Waals surface area contributed by atoms with Gasteiger partial charge >= 0.3 is 0 Å². The van der Waals surface area contributed by atoms with Gasteiger partial charge in [-0.15, -0.1) is 11.3 Å². The van der Waals surface area contributed by atoms with Gasteiger partial charge in [0.2, 0.25) is 17.7 Å². The zero-order chi connectivity index (χ0) is 16.3. The summed E-state index contributed by atoms with van der Waals surface area (Å²) in [6, 6.07) is 0. The van der Waals surface area contributed by atoms with Crippen molar-refractivity contribution < 1.29 is 14.4 Å². The molecule has 1 saturated carbocycles. The maximum atomic E-state index is 12.6. The van der Waals surface area contributed by atoms with Gasteiger partial charge < -0.3 is 0 Å². The van der Waals surface area contributed by atoms with Gasteiger partial charge in [0, 0.05) is 12.4 Å². The van der Waals surface area contributed by atoms with E-state index in [4.69, 9.17) is 0 Å². The van der Waals surface area contributed by atoms with E-state index < -0.39 is 0 Å². The molecule has 1 aliphatic heterocycles. The molecule has 3 aliphatic rings. The molecule has 0 spiro atoms. The minimum atomic E-state index is -0.290. The molecule has 0 aromatic carbocycles. The van der Waals surface area contributed by atoms with E-state index in [0.717, 1.165) is 17.0 Å². The molecule has 2 heterocycles. The highest BCUT2D eigenvalue weighted by Gasteiger charge is 2.59. The lowest BCUT2D eigenvalue weighted by atomic mass is 9.85. The topological polar surface area (TPSA) is 70.6 Å². The average molecular weight is 331 g/mol. The summed E-state index contributed by atoms with van der Waals surface area (Å²) < 4.78 is 0. The number of hydrogen-bond donors (Lipinski definition) is 0. The Hall–Kier alpha value is -2.02. The molecule has 4 atom stereocenters. The van der Waals surface area contributed by atoms with Crippen LogP contribution in [0.2, 0.25) is 0 Å². The van der Waals surface area contributed by atoms with Gasteiger partial charge in [0.1, 0.15) is 6.54 Å². The monoisotopic (exact) mass is 331 g/mol. The molecule has 2 bridgehead atoms. The van der Waals surface area contributed by atoms with Crippen LogP contribution in [-0.2, 0) is 14.4 Å². The number of imide groups is 1. The summed E-state index contributed by atoms with van der Waals surface area (Å²) in [5, 5.41) is 2.44. The first-order valence-corrected chi connectivity index (χ1v) is 8.57. The second kappa shape index (κ2) is 4.99. The number of anilines is 1. The van der Waals surface area contributed by atoms with Gasteiger partial charge in [-0.1, -0.05) is 12.2 Å². The van der Waals surface area contributed by atoms with Crippen molar-refractivity contribution in [2.45, 2.75) is 13.3 Å². The van der Waals surface area contributed by atoms with E-state index in [-0.39, 0.29) is 47.9 Å². The summed E-state index contributed by atoms with van der Waals surface area (Å²) >= 11 is 1.37. The second-order valence-electron chi connectivity index (χ2n) is 6.49. The first-order chi connectivity index (χ1) is 11.0. The molecule has 1 aromatic rings. The highest BCUT2D eigenvalue weighted by molar-refractivity contribution is 7.14. The molecule has 1 aromatic heterocycles. The SMILES string of the molecule is Cc1csc(N(C)C(=O)CN2C(=O)[C@@H]3[C@@H](C2=O)[C@H]2C=C[C@H]3C2)n1. The number of amides is 3. The van der Waals surface area contributed by atoms with Gasteiger partial charge in [0.05, 0.1) is 17.5 Å². The van der Waals surface area contributed by atoms with E-state index in [1.54, 1.807) is 7.05 Å². The van der Waals surface area contributed by atoms with Crippen LogP contribution in [0, 0.1) is 30.6 Å². The summed E-state index contributed by atoms with van der Waals surface area (Å²) in [4.78, 5) is 44.4. The van der Waals surface area contributed by atoms with Crippen LogP contribution in [0.1, 0.15) is 12.1 Å². The van der Waals surface area contributed by atoms with Crippen molar-refractivity contribution in [2.75, 3.05) is 18.5 Å². The van der Waals surface area contributed by atoms with Crippen LogP contribution in [0.3, 0.4) is 0 Å². The Balaban J connectivity index is 1.50. The average Bonchev–Trinajstić information content (AvgIpc) is 3.27. The number of likely N-dealkylation sites (tertiary alicyclic amines) is 1. The Morgan fingerprint density at radius 2 is 1.91 bits per heavy atom. The minimum absolute atomic E-state index is 0.167. The highest BCUT2D eigenvalue weighted by atomic mass is 32.1. The van der Waals surface area contributed by atoms with Gasteiger partial charge in [0.15, 0.2) is 5.13 Å². The van der Waals surface area contributed by atoms with Crippen LogP contribution >= 0.6 is 11.3 Å². The van der Waals surface area contributed by atoms with Crippen molar-refractivity contribution in [1.29, 1.82) is 0 Å². The Morgan fingerprint density at radius 3 is 2.43 bits per heavy atom. The highest BCUT2D eigenvalue weighted by Crippen LogP contribution is 2.52. The van der Waals surface area contributed by atoms with Crippen LogP contribution in [0.4, 0.5) is 5.13 Å². The van der Waals surface area contributed by atoms with Gasteiger partial charge in [0.25, 0.3) is 0 Å². The maximum absolute atomic E-state index is 12.6. The van der Waals surface area contributed by atoms with Gasteiger partial charge in [-0.05, 0) is 25.2 Å². The normalized spacial score (nSPS) is 31.1. The second-order valence-corrected chi connectivity index (χ2v) is 7.32. The molecule has 1 saturated heterocycles. The van der Waals surface area contributed by atoms with Crippen molar-refractivity contribution in [1.82, 2.24) is 9.88 Å². The van der Waals surface area contributed by atoms with E-state index in [1.165, 1.54) is 16.2 Å². The van der Waals surface area contributed by atoms with E-state index in [0.29, 0.717) is 5.13 Å². The van der Waals surface area contributed by atoms with Crippen molar-refractivity contribution in [3.63, 3.8) is 0 Å². The lowest BCUT2D eigenvalue weighted by Gasteiger charge is -2.20. The van der Waals surface area contributed by atoms with E-state index in [2.05, 4.69) is 4.98 Å². The molecule has 3 amide bonds. The largest absolute Gasteiger partial charge is 0.290 e. The summed E-state index contributed by atoms with van der Waals surface area (Å²) in [5.74, 6) is -0.832. The molecule has 0 N–H and O–H groups in total. The maximum Gasteiger partial charge on any atom is 0.248 e. The number of carbonyl (C=O) groups is 3. The van der Waals surface area contributed by atoms with Crippen molar-refractivity contribution in [2.24, 2.45) is 23.7 Å². The van der Waals surface area contributed by atoms with Gasteiger partial charge in [-0.25, -0.2) is 4.98 Å². The zero-order valence-electron chi connectivity index (χ0n) is 12.9. The lowest BCUT2D eigenvalue weighted by Crippen LogP contribution is -2.42. The zero-order valence-corrected chi connectivity index (χ0v) is 13.7. The predicted octanol–water partition coefficient (Wildman–Crippen LogP) is 1.22. The first kappa shape index (κ1) is 14.6. The van der Waals surface area contributed by atoms with Crippen LogP contribution in [0.15, 0.2) is 17.5 Å². The van der Waals surface area contributed by atoms with E-state index in [9.17, 15) is 14.4 Å². The summed E-state index contributed by atoms with van der Waals surface area (Å²) in [6.07, 6.45) is 4.99. The van der Waals surface area contributed by atoms with Gasteiger partial charge in [-0.3, -0.25) is 24.2 Å². The molecule has 2 aliphatic carbocycles. The van der Waals surface area contributed by atoms with Crippen LogP contribution in [0.5, 0.6) is 0 Å². The molecular weight excluding hydrogens is 314 g/mol. The number of allylic oxidation sites excluding steroid dienone is 2. The minimum Gasteiger partial charge on any atom is -0.290 e. The third-order valence-electron chi connectivity index (χ3n) is 5.12. The van der Waals surface area contributed by atoms with Crippen molar-refractivity contribution >= 4 is 34.2 Å². The molecule has 0 unspecified atom stereocenters. The molecular formula is C16H17N3O3S. The first-order valence-electron chi connectivity index (χ1n) is 7.69. The summed E-state index contributed by atoms with van der Waals surface area (Å²) in [7, 11) is 1.62. The lowest BCUT2D eigenvalue weighted by molar-refractivity contribution is -0.143. The number of aromatic nitrogens is 1. The molecule has 4 rings (SSSR count). The number of nitrogens with zero attached hydrogens (tertiary/aromatic N) is 3. The third-order valence-corrected chi connectivity index (χ3v) is 6.16. The molecule has 0 radical (unpaired) electrons. The smallest absolute Gasteiger partial charge is 0.248 e. The van der Waals surface area contributed by atoms with Gasteiger partial charge in [-0.2, -0.15) is 0 Å². The Labute approximate surface area is 137 Å². The third kappa shape index (κ3) is 2.06. The molecule has 2 fully saturated rings. The number of likely N-dealkylation sites (N-methyl/N-ethyl adjacent to an activating group) is 1. The number of rotatable bonds is 3. The van der Waals surface area contributed by atoms with Crippen LogP contribution < -0.4 is 4.90 Å². The fourth-order valence-electron chi connectivity index (χ4n) is 3.96. The summed E-state index contributed by atoms with van der Waals surface area (Å²) in [6.45, 7) is 1.66. The van der Waals surface area contributed by atoms with Crippen LogP contribution in [-0.4, -0.2) is 41.2 Å². The van der Waals surface area contributed by atoms with E-state index >= 15 is 0 Å². The number of carbonyl (C=O) groups excluding carboxylic acids is 3. The predicted molar refractivity (Wildman–Crippen MR) is 84.7 cm³/mol. The quantitative estimate of drug-likeness (QED) is 0.617. The number of thiazole rings is 1. The fourth-order valence-corrected chi connectivity index (χ4v) is 4.75. The summed E-state index contributed by atoms with van der Waals surface area (Å²) in [5.41, 5.74) is 0.843. The molecule has 6 nitrogen and oxygen atoms in total. The standard InChI is InChI=1S/C16H17N3O3S/c1-8-7-23-16(17-8)18(2)11(20)6-19-14(21)12-9-3-4-10(5-9)13(12)15(19)22/h3-4,7,9-10,12-13H,5-6H2,1-2H3/t9-,10-,12-,13-/m0/s1. The van der Waals surface area contributed by atoms with Crippen molar-refractivity contribution in [3.8, 4) is 0 Å². The Morgan fingerprint density at radius 1 is 1.30 bits per heavy atom. The van der Waals surface area contributed by atoms with E-state index in [1.807, 2.05) is 24.5 Å². The van der Waals surface area contributed by atoms with Crippen LogP contribution in [0.25, 0.3) is 0 Å². The fraction of sp³-hybridized carbons (Fsp3) is 0.500. The Kier molecular flexibility index (Phi) is 3.16. The Bertz CT molecular complexity index is 711. The number of hydrogen-bond acceptors (Lipinski definition) is 5. The van der Waals surface area contributed by atoms with Crippen molar-refractivity contribution in [3.05, 3.63) is 23.2 Å².